The van der Waals surface area contributed by atoms with Crippen LogP contribution in [0, 0.1) is 0 Å². The largest absolute Gasteiger partial charge is 0.497 e. The number of alkyl halides is 5. The van der Waals surface area contributed by atoms with Gasteiger partial charge in [0.05, 0.1) is 0 Å². The summed E-state index contributed by atoms with van der Waals surface area (Å²) in [6.45, 7) is 0.909. The summed E-state index contributed by atoms with van der Waals surface area (Å²) in [4.78, 5) is 0. The highest BCUT2D eigenvalue weighted by molar-refractivity contribution is 7.92. The monoisotopic (exact) mass is 226 g/mol. The minimum Gasteiger partial charge on any atom is -0.219 e. The number of hydrogen-bond donors (Lipinski definition) is 0. The minimum absolute atomic E-state index is 0.909. The van der Waals surface area contributed by atoms with Gasteiger partial charge in [0.15, 0.2) is 0 Å². The van der Waals surface area contributed by atoms with E-state index in [0.717, 1.165) is 6.92 Å². The van der Waals surface area contributed by atoms with E-state index in [2.05, 4.69) is 0 Å². The van der Waals surface area contributed by atoms with Gasteiger partial charge in [-0.2, -0.15) is 13.2 Å². The molecule has 0 amide bonds. The van der Waals surface area contributed by atoms with Crippen LogP contribution in [-0.4, -0.2) is 25.6 Å². The molecule has 0 bridgehead atoms. The van der Waals surface area contributed by atoms with Crippen molar-refractivity contribution in [1.82, 2.24) is 0 Å². The van der Waals surface area contributed by atoms with E-state index in [0.29, 0.717) is 0 Å². The van der Waals surface area contributed by atoms with E-state index < -0.39 is 33.4 Å². The number of halogens is 5. The Balaban J connectivity index is 4.74. The smallest absolute Gasteiger partial charge is 0.219 e. The van der Waals surface area contributed by atoms with Crippen LogP contribution in [0.3, 0.4) is 0 Å². The summed E-state index contributed by atoms with van der Waals surface area (Å²) in [5.41, 5.74) is -5.61. The third kappa shape index (κ3) is 3.45. The number of sulfone groups is 1. The molecule has 0 rings (SSSR count). The lowest BCUT2D eigenvalue weighted by Gasteiger charge is -2.15. The van der Waals surface area contributed by atoms with E-state index >= 15 is 0 Å². The zero-order valence-corrected chi connectivity index (χ0v) is 7.35. The van der Waals surface area contributed by atoms with Gasteiger partial charge >= 0.3 is 5.51 Å². The molecule has 0 aromatic heterocycles. The maximum absolute atomic E-state index is 12.3. The highest BCUT2D eigenvalue weighted by Gasteiger charge is 2.50. The lowest BCUT2D eigenvalue weighted by molar-refractivity contribution is -0.0485. The van der Waals surface area contributed by atoms with Crippen molar-refractivity contribution in [3.63, 3.8) is 0 Å². The number of rotatable bonds is 3. The second-order valence-electron chi connectivity index (χ2n) is 2.41. The van der Waals surface area contributed by atoms with Crippen LogP contribution in [-0.2, 0) is 9.84 Å². The van der Waals surface area contributed by atoms with Crippen LogP contribution in [0.2, 0.25) is 0 Å². The second-order valence-corrected chi connectivity index (χ2v) is 4.40. The van der Waals surface area contributed by atoms with E-state index in [1.165, 1.54) is 0 Å². The third-order valence-corrected chi connectivity index (χ3v) is 2.78. The molecule has 0 fully saturated rings. The van der Waals surface area contributed by atoms with E-state index in [1.54, 1.807) is 0 Å². The summed E-state index contributed by atoms with van der Waals surface area (Å²) in [6.07, 6.45) is -0.942. The fourth-order valence-electron chi connectivity index (χ4n) is 0.462. The van der Waals surface area contributed by atoms with Crippen molar-refractivity contribution in [3.8, 4) is 0 Å². The number of hydrogen-bond acceptors (Lipinski definition) is 2. The molecule has 8 heteroatoms. The maximum atomic E-state index is 12.3. The fourth-order valence-corrected chi connectivity index (χ4v) is 1.39. The predicted octanol–water partition coefficient (Wildman–Crippen LogP) is 1.97. The molecule has 13 heavy (non-hydrogen) atoms. The van der Waals surface area contributed by atoms with Crippen molar-refractivity contribution in [2.45, 2.75) is 24.8 Å². The highest BCUT2D eigenvalue weighted by atomic mass is 32.2. The van der Waals surface area contributed by atoms with Gasteiger partial charge in [-0.25, -0.2) is 17.2 Å². The topological polar surface area (TPSA) is 34.1 Å². The average molecular weight is 226 g/mol. The van der Waals surface area contributed by atoms with E-state index in [9.17, 15) is 30.4 Å². The normalized spacial score (nSPS) is 14.6. The molecule has 0 aromatic rings. The first-order valence-electron chi connectivity index (χ1n) is 3.19. The van der Waals surface area contributed by atoms with E-state index in [-0.39, 0.29) is 0 Å². The molecule has 0 aliphatic rings. The van der Waals surface area contributed by atoms with Crippen molar-refractivity contribution in [2.75, 3.05) is 5.75 Å². The first-order chi connectivity index (χ1) is 5.52. The summed E-state index contributed by atoms with van der Waals surface area (Å²) in [6, 6.07) is 0. The molecule has 80 valence electrons. The molecule has 0 spiro atoms. The molecule has 0 atom stereocenters. The zero-order chi connectivity index (χ0) is 10.9. The first-order valence-corrected chi connectivity index (χ1v) is 4.84. The standard InChI is InChI=1S/C5H7F5O2S/c1-2-4(6,7)3-13(11,12)5(8,9)10/h2-3H2,1H3. The summed E-state index contributed by atoms with van der Waals surface area (Å²) < 4.78 is 79.8. The Labute approximate surface area is 71.7 Å². The second kappa shape index (κ2) is 3.39. The Kier molecular flexibility index (Phi) is 3.29. The summed E-state index contributed by atoms with van der Waals surface area (Å²) in [7, 11) is -5.72. The van der Waals surface area contributed by atoms with Crippen molar-refractivity contribution in [3.05, 3.63) is 0 Å². The van der Waals surface area contributed by atoms with Crippen LogP contribution in [0.15, 0.2) is 0 Å². The lowest BCUT2D eigenvalue weighted by Crippen LogP contribution is -2.35. The summed E-state index contributed by atoms with van der Waals surface area (Å²) in [5, 5.41) is 0. The Morgan fingerprint density at radius 2 is 1.46 bits per heavy atom. The van der Waals surface area contributed by atoms with Crippen LogP contribution >= 0.6 is 0 Å². The van der Waals surface area contributed by atoms with E-state index in [4.69, 9.17) is 0 Å². The van der Waals surface area contributed by atoms with Crippen LogP contribution in [0.1, 0.15) is 13.3 Å². The van der Waals surface area contributed by atoms with Crippen molar-refractivity contribution in [2.24, 2.45) is 0 Å². The fraction of sp³-hybridized carbons (Fsp3) is 1.00. The minimum atomic E-state index is -5.72. The maximum Gasteiger partial charge on any atom is 0.497 e. The molecule has 0 aromatic carbocycles. The molecular formula is C5H7F5O2S. The molecule has 0 aliphatic heterocycles. The zero-order valence-electron chi connectivity index (χ0n) is 6.53. The molecule has 0 N–H and O–H groups in total. The lowest BCUT2D eigenvalue weighted by atomic mass is 10.3. The van der Waals surface area contributed by atoms with Gasteiger partial charge in [0.25, 0.3) is 15.8 Å². The average Bonchev–Trinajstić information content (AvgIpc) is 1.83. The molecule has 2 nitrogen and oxygen atoms in total. The Bertz CT molecular complexity index is 265. The van der Waals surface area contributed by atoms with Gasteiger partial charge in [-0.3, -0.25) is 0 Å². The molecule has 0 saturated heterocycles. The van der Waals surface area contributed by atoms with Gasteiger partial charge in [-0.1, -0.05) is 6.92 Å². The van der Waals surface area contributed by atoms with Crippen molar-refractivity contribution >= 4 is 9.84 Å². The van der Waals surface area contributed by atoms with Gasteiger partial charge < -0.3 is 0 Å². The molecule has 0 unspecified atom stereocenters. The third-order valence-electron chi connectivity index (χ3n) is 1.27. The first kappa shape index (κ1) is 12.6. The van der Waals surface area contributed by atoms with Crippen LogP contribution in [0.25, 0.3) is 0 Å². The predicted molar refractivity (Wildman–Crippen MR) is 35.1 cm³/mol. The van der Waals surface area contributed by atoms with Gasteiger partial charge in [-0.05, 0) is 0 Å². The molecule has 0 radical (unpaired) electrons. The van der Waals surface area contributed by atoms with Gasteiger partial charge in [0, 0.05) is 6.42 Å². The molecule has 0 saturated carbocycles. The van der Waals surface area contributed by atoms with Crippen LogP contribution in [0.5, 0.6) is 0 Å². The van der Waals surface area contributed by atoms with Gasteiger partial charge in [0.1, 0.15) is 5.75 Å². The highest BCUT2D eigenvalue weighted by Crippen LogP contribution is 2.30. The van der Waals surface area contributed by atoms with Crippen molar-refractivity contribution < 1.29 is 30.4 Å². The molecule has 0 heterocycles. The van der Waals surface area contributed by atoms with Crippen LogP contribution < -0.4 is 0 Å². The van der Waals surface area contributed by atoms with Crippen molar-refractivity contribution in [1.29, 1.82) is 0 Å². The molecular weight excluding hydrogens is 219 g/mol. The Hall–Kier alpha value is -0.400. The Morgan fingerprint density at radius 1 is 1.08 bits per heavy atom. The SMILES string of the molecule is CCC(F)(F)CS(=O)(=O)C(F)(F)F. The summed E-state index contributed by atoms with van der Waals surface area (Å²) >= 11 is 0. The Morgan fingerprint density at radius 3 is 1.69 bits per heavy atom. The molecule has 0 aliphatic carbocycles. The van der Waals surface area contributed by atoms with Gasteiger partial charge in [-0.15, -0.1) is 0 Å². The van der Waals surface area contributed by atoms with E-state index in [1.807, 2.05) is 0 Å². The van der Waals surface area contributed by atoms with Gasteiger partial charge in [0.2, 0.25) is 0 Å². The summed E-state index contributed by atoms with van der Waals surface area (Å²) in [5.74, 6) is -6.01. The quantitative estimate of drug-likeness (QED) is 0.689. The van der Waals surface area contributed by atoms with Crippen LogP contribution in [0.4, 0.5) is 22.0 Å².